The molecular weight excluding hydrogens is 583 g/mol. The van der Waals surface area contributed by atoms with Gasteiger partial charge in [-0.1, -0.05) is 0 Å². The summed E-state index contributed by atoms with van der Waals surface area (Å²) in [6.45, 7) is 5.57. The Labute approximate surface area is 215 Å². The number of benzene rings is 2. The summed E-state index contributed by atoms with van der Waals surface area (Å²) in [4.78, 5) is 10.4. The van der Waals surface area contributed by atoms with Crippen molar-refractivity contribution < 1.29 is 13.2 Å². The molecule has 0 aliphatic carbocycles. The molecule has 8 heteroatoms. The van der Waals surface area contributed by atoms with E-state index in [-0.39, 0.29) is 11.5 Å². The van der Waals surface area contributed by atoms with Crippen molar-refractivity contribution in [1.29, 1.82) is 0 Å². The Balaban J connectivity index is 1.74. The standard InChI is InChI=1S/C25H21F3N2S2.CH3.Sb/c1-14(2)23-22(18-11-10-15(3)19(12-18)25(26,27)28)30-24(32-23)29-20-13-21(31-16(20)4)17-8-6-5-7-9-17;;/h4-14H,1-3H3,(H,29,30);1H3;. The van der Waals surface area contributed by atoms with Gasteiger partial charge in [0.25, 0.3) is 0 Å². The number of anilines is 2. The molecule has 0 atom stereocenters. The third-order valence-electron chi connectivity index (χ3n) is 5.30. The summed E-state index contributed by atoms with van der Waals surface area (Å²) < 4.78 is 42.9. The Bertz CT molecular complexity index is 1320. The molecule has 0 radical (unpaired) electrons. The number of nitrogens with one attached hydrogen (secondary N) is 1. The van der Waals surface area contributed by atoms with Gasteiger partial charge in [-0.2, -0.15) is 0 Å². The monoisotopic (exact) mass is 606 g/mol. The molecule has 0 unspecified atom stereocenters. The predicted molar refractivity (Wildman–Crippen MR) is 141 cm³/mol. The molecular formula is C26H24F3N2S2Sb. The quantitative estimate of drug-likeness (QED) is 0.222. The number of rotatable bonds is 6. The molecule has 2 heterocycles. The minimum absolute atomic E-state index is 0.135. The van der Waals surface area contributed by atoms with Crippen molar-refractivity contribution in [3.63, 3.8) is 0 Å². The Morgan fingerprint density at radius 1 is 1.00 bits per heavy atom. The SMILES string of the molecule is [CH3][Sb]=[CH]c1sc(-c2ccccc2)cc1Nc1nc(-c2ccc(C)c(C(F)(F)F)c2)c(C(C)C)s1. The van der Waals surface area contributed by atoms with E-state index in [4.69, 9.17) is 4.98 Å². The van der Waals surface area contributed by atoms with E-state index in [1.54, 1.807) is 17.4 Å². The minimum atomic E-state index is -4.39. The molecule has 2 nitrogen and oxygen atoms in total. The summed E-state index contributed by atoms with van der Waals surface area (Å²) >= 11 is 2.84. The Morgan fingerprint density at radius 3 is 2.38 bits per heavy atom. The molecule has 0 saturated heterocycles. The van der Waals surface area contributed by atoms with Crippen LogP contribution in [0.15, 0.2) is 54.6 Å². The number of hydrogen-bond donors (Lipinski definition) is 1. The van der Waals surface area contributed by atoms with E-state index in [1.165, 1.54) is 40.1 Å². The maximum atomic E-state index is 13.5. The number of halogens is 3. The van der Waals surface area contributed by atoms with Crippen LogP contribution >= 0.6 is 22.7 Å². The Hall–Kier alpha value is -1.95. The third-order valence-corrected chi connectivity index (χ3v) is 9.70. The maximum absolute atomic E-state index is 13.5. The van der Waals surface area contributed by atoms with Gasteiger partial charge < -0.3 is 0 Å². The molecule has 0 amide bonds. The molecule has 0 saturated carbocycles. The third kappa shape index (κ3) is 5.48. The van der Waals surface area contributed by atoms with Gasteiger partial charge in [-0.05, 0) is 0 Å². The van der Waals surface area contributed by atoms with Crippen LogP contribution in [-0.2, 0) is 6.18 Å². The first-order valence-corrected chi connectivity index (χ1v) is 16.4. The number of nitrogens with zero attached hydrogens (tertiary/aromatic N) is 1. The summed E-state index contributed by atoms with van der Waals surface area (Å²) in [7, 11) is 0. The molecule has 0 spiro atoms. The van der Waals surface area contributed by atoms with E-state index < -0.39 is 32.9 Å². The normalized spacial score (nSPS) is 12.1. The first-order chi connectivity index (χ1) is 16.2. The van der Waals surface area contributed by atoms with Gasteiger partial charge in [-0.25, -0.2) is 0 Å². The second kappa shape index (κ2) is 10.3. The molecule has 0 aliphatic heterocycles. The van der Waals surface area contributed by atoms with Crippen LogP contribution in [0.2, 0.25) is 4.87 Å². The molecule has 176 valence electrons. The zero-order valence-corrected chi connectivity index (χ0v) is 23.4. The molecule has 4 aromatic rings. The van der Waals surface area contributed by atoms with Crippen LogP contribution in [0.25, 0.3) is 21.7 Å². The van der Waals surface area contributed by atoms with Crippen molar-refractivity contribution in [3.8, 4) is 21.7 Å². The average Bonchev–Trinajstić information content (AvgIpc) is 3.39. The van der Waals surface area contributed by atoms with Gasteiger partial charge >= 0.3 is 217 Å². The number of thiophene rings is 1. The van der Waals surface area contributed by atoms with E-state index in [9.17, 15) is 13.2 Å². The van der Waals surface area contributed by atoms with E-state index in [0.29, 0.717) is 16.4 Å². The van der Waals surface area contributed by atoms with Crippen LogP contribution in [-0.4, -0.2) is 30.1 Å². The Morgan fingerprint density at radius 2 is 1.74 bits per heavy atom. The van der Waals surface area contributed by atoms with Gasteiger partial charge in [-0.15, -0.1) is 0 Å². The number of alkyl halides is 3. The van der Waals surface area contributed by atoms with E-state index in [0.717, 1.165) is 16.1 Å². The summed E-state index contributed by atoms with van der Waals surface area (Å²) in [5.74, 6) is 0.135. The van der Waals surface area contributed by atoms with Crippen molar-refractivity contribution in [2.24, 2.45) is 0 Å². The summed E-state index contributed by atoms with van der Waals surface area (Å²) in [6.07, 6.45) is -4.39. The number of aryl methyl sites for hydroxylation is 1. The first-order valence-electron chi connectivity index (χ1n) is 10.7. The van der Waals surface area contributed by atoms with Crippen LogP contribution in [0.1, 0.15) is 40.6 Å². The van der Waals surface area contributed by atoms with Gasteiger partial charge in [0.05, 0.1) is 0 Å². The van der Waals surface area contributed by atoms with Crippen molar-refractivity contribution in [2.45, 2.75) is 37.7 Å². The molecule has 1 N–H and O–H groups in total. The first kappa shape index (κ1) is 25.2. The average molecular weight is 607 g/mol. The van der Waals surface area contributed by atoms with E-state index in [2.05, 4.69) is 32.3 Å². The van der Waals surface area contributed by atoms with Gasteiger partial charge in [-0.3, -0.25) is 0 Å². The second-order valence-electron chi connectivity index (χ2n) is 8.18. The topological polar surface area (TPSA) is 24.9 Å². The fraction of sp³-hybridized carbons (Fsp3) is 0.231. The number of aromatic nitrogens is 1. The molecule has 0 bridgehead atoms. The number of hydrogen-bond acceptors (Lipinski definition) is 4. The molecule has 4 rings (SSSR count). The van der Waals surface area contributed by atoms with Crippen LogP contribution in [0.3, 0.4) is 0 Å². The van der Waals surface area contributed by atoms with E-state index >= 15 is 0 Å². The molecule has 2 aromatic carbocycles. The summed E-state index contributed by atoms with van der Waals surface area (Å²) in [5.41, 5.74) is 2.87. The van der Waals surface area contributed by atoms with Crippen molar-refractivity contribution in [1.82, 2.24) is 4.98 Å². The van der Waals surface area contributed by atoms with Crippen molar-refractivity contribution >= 4 is 58.6 Å². The van der Waals surface area contributed by atoms with Gasteiger partial charge in [0.2, 0.25) is 0 Å². The fourth-order valence-corrected chi connectivity index (χ4v) is 7.80. The Kier molecular flexibility index (Phi) is 7.65. The summed E-state index contributed by atoms with van der Waals surface area (Å²) in [5, 5.41) is 4.17. The van der Waals surface area contributed by atoms with Gasteiger partial charge in [0.1, 0.15) is 0 Å². The zero-order chi connectivity index (χ0) is 24.5. The second-order valence-corrected chi connectivity index (χ2v) is 12.5. The molecule has 34 heavy (non-hydrogen) atoms. The zero-order valence-electron chi connectivity index (χ0n) is 19.2. The van der Waals surface area contributed by atoms with Crippen LogP contribution in [0.4, 0.5) is 24.0 Å². The van der Waals surface area contributed by atoms with Crippen molar-refractivity contribution in [2.75, 3.05) is 5.32 Å². The van der Waals surface area contributed by atoms with Crippen molar-refractivity contribution in [3.05, 3.63) is 75.5 Å². The van der Waals surface area contributed by atoms with Gasteiger partial charge in [0.15, 0.2) is 0 Å². The van der Waals surface area contributed by atoms with Crippen LogP contribution < -0.4 is 5.32 Å². The predicted octanol–water partition coefficient (Wildman–Crippen LogP) is 8.64. The molecule has 0 aliphatic rings. The molecule has 2 aromatic heterocycles. The van der Waals surface area contributed by atoms with Gasteiger partial charge in [0, 0.05) is 0 Å². The van der Waals surface area contributed by atoms with E-state index in [1.807, 2.05) is 32.0 Å². The number of thiazole rings is 1. The van der Waals surface area contributed by atoms with Crippen LogP contribution in [0.5, 0.6) is 0 Å². The fourth-order valence-electron chi connectivity index (χ4n) is 3.63. The summed E-state index contributed by atoms with van der Waals surface area (Å²) in [6, 6.07) is 16.9. The molecule has 0 fully saturated rings. The van der Waals surface area contributed by atoms with Crippen LogP contribution in [0, 0.1) is 6.92 Å².